The van der Waals surface area contributed by atoms with E-state index in [1.165, 1.54) is 0 Å². The Labute approximate surface area is 142 Å². The van der Waals surface area contributed by atoms with Crippen LogP contribution in [0.2, 0.25) is 0 Å². The Hall–Kier alpha value is -1.92. The van der Waals surface area contributed by atoms with Crippen molar-refractivity contribution in [3.05, 3.63) is 41.7 Å². The maximum Gasteiger partial charge on any atom is 0.273 e. The van der Waals surface area contributed by atoms with E-state index >= 15 is 0 Å². The van der Waals surface area contributed by atoms with Gasteiger partial charge in [-0.3, -0.25) is 4.79 Å². The number of rotatable bonds is 6. The average molecular weight is 338 g/mol. The van der Waals surface area contributed by atoms with Crippen LogP contribution in [-0.2, 0) is 0 Å². The monoisotopic (exact) mass is 337 g/mol. The summed E-state index contributed by atoms with van der Waals surface area (Å²) >= 11 is 0. The Bertz CT molecular complexity index is 641. The van der Waals surface area contributed by atoms with Gasteiger partial charge in [-0.1, -0.05) is 31.2 Å². The van der Waals surface area contributed by atoms with Crippen LogP contribution >= 0.6 is 12.4 Å². The molecule has 2 rings (SSSR count). The molecular formula is C16H24ClN5O. The van der Waals surface area contributed by atoms with Gasteiger partial charge in [0.25, 0.3) is 5.91 Å². The van der Waals surface area contributed by atoms with Crippen molar-refractivity contribution in [2.24, 2.45) is 11.7 Å². The summed E-state index contributed by atoms with van der Waals surface area (Å²) in [6.45, 7) is 6.62. The molecule has 0 saturated heterocycles. The van der Waals surface area contributed by atoms with Gasteiger partial charge in [0.1, 0.15) is 0 Å². The molecule has 23 heavy (non-hydrogen) atoms. The van der Waals surface area contributed by atoms with E-state index in [9.17, 15) is 4.79 Å². The summed E-state index contributed by atoms with van der Waals surface area (Å²) in [5, 5.41) is 10.9. The number of nitrogens with one attached hydrogen (secondary N) is 1. The van der Waals surface area contributed by atoms with Crippen LogP contribution in [0.3, 0.4) is 0 Å². The van der Waals surface area contributed by atoms with E-state index in [-0.39, 0.29) is 24.4 Å². The molecule has 1 aromatic carbocycles. The van der Waals surface area contributed by atoms with Crippen molar-refractivity contribution in [3.63, 3.8) is 0 Å². The molecule has 1 amide bonds. The van der Waals surface area contributed by atoms with Crippen LogP contribution in [0.25, 0.3) is 5.69 Å². The largest absolute Gasteiger partial charge is 0.347 e. The van der Waals surface area contributed by atoms with Gasteiger partial charge in [-0.25, -0.2) is 4.68 Å². The molecule has 0 aliphatic rings. The molecule has 1 aromatic heterocycles. The molecule has 0 bridgehead atoms. The standard InChI is InChI=1S/C16H23N5O.ClH/c1-11(2)7-13(9-17)18-16(22)15-10-21(20-19-15)14-6-4-5-12(3)8-14;/h4-6,8,10-11,13H,7,9,17H2,1-3H3,(H,18,22);1H. The van der Waals surface area contributed by atoms with Gasteiger partial charge in [0.2, 0.25) is 0 Å². The Morgan fingerprint density at radius 1 is 1.39 bits per heavy atom. The third-order valence-electron chi connectivity index (χ3n) is 3.37. The van der Waals surface area contributed by atoms with Crippen molar-refractivity contribution in [1.29, 1.82) is 0 Å². The van der Waals surface area contributed by atoms with Crippen molar-refractivity contribution in [2.75, 3.05) is 6.54 Å². The van der Waals surface area contributed by atoms with Crippen molar-refractivity contribution in [1.82, 2.24) is 20.3 Å². The van der Waals surface area contributed by atoms with Crippen LogP contribution in [0.4, 0.5) is 0 Å². The number of halogens is 1. The smallest absolute Gasteiger partial charge is 0.273 e. The predicted molar refractivity (Wildman–Crippen MR) is 93.1 cm³/mol. The fourth-order valence-electron chi connectivity index (χ4n) is 2.31. The lowest BCUT2D eigenvalue weighted by Gasteiger charge is -2.17. The molecule has 3 N–H and O–H groups in total. The number of carbonyl (C=O) groups excluding carboxylic acids is 1. The van der Waals surface area contributed by atoms with Gasteiger partial charge in [-0.15, -0.1) is 17.5 Å². The highest BCUT2D eigenvalue weighted by molar-refractivity contribution is 5.92. The molecule has 0 aliphatic heterocycles. The predicted octanol–water partition coefficient (Wildman–Crippen LogP) is 2.10. The van der Waals surface area contributed by atoms with Gasteiger partial charge < -0.3 is 11.1 Å². The number of hydrogen-bond donors (Lipinski definition) is 2. The lowest BCUT2D eigenvalue weighted by atomic mass is 10.0. The average Bonchev–Trinajstić information content (AvgIpc) is 2.96. The van der Waals surface area contributed by atoms with Gasteiger partial charge in [-0.2, -0.15) is 0 Å². The summed E-state index contributed by atoms with van der Waals surface area (Å²) in [7, 11) is 0. The SMILES string of the molecule is Cc1cccc(-n2cc(C(=O)NC(CN)CC(C)C)nn2)c1.Cl. The Balaban J connectivity index is 0.00000264. The minimum absolute atomic E-state index is 0. The summed E-state index contributed by atoms with van der Waals surface area (Å²) in [4.78, 5) is 12.2. The van der Waals surface area contributed by atoms with Gasteiger partial charge >= 0.3 is 0 Å². The van der Waals surface area contributed by atoms with Crippen molar-refractivity contribution >= 4 is 18.3 Å². The summed E-state index contributed by atoms with van der Waals surface area (Å²) in [5.74, 6) is 0.229. The van der Waals surface area contributed by atoms with Crippen molar-refractivity contribution in [3.8, 4) is 5.69 Å². The number of aryl methyl sites for hydroxylation is 1. The zero-order chi connectivity index (χ0) is 16.1. The molecule has 0 saturated carbocycles. The topological polar surface area (TPSA) is 85.8 Å². The van der Waals surface area contributed by atoms with E-state index in [4.69, 9.17) is 5.73 Å². The van der Waals surface area contributed by atoms with E-state index < -0.39 is 0 Å². The van der Waals surface area contributed by atoms with Crippen LogP contribution < -0.4 is 11.1 Å². The van der Waals surface area contributed by atoms with E-state index in [2.05, 4.69) is 29.5 Å². The van der Waals surface area contributed by atoms with Gasteiger partial charge in [-0.05, 0) is 37.0 Å². The van der Waals surface area contributed by atoms with Gasteiger partial charge in [0.05, 0.1) is 11.9 Å². The molecule has 2 aromatic rings. The molecule has 126 valence electrons. The molecule has 0 aliphatic carbocycles. The fraction of sp³-hybridized carbons (Fsp3) is 0.438. The third-order valence-corrected chi connectivity index (χ3v) is 3.37. The minimum atomic E-state index is -0.241. The van der Waals surface area contributed by atoms with E-state index in [0.717, 1.165) is 17.7 Å². The number of benzene rings is 1. The normalized spacial score (nSPS) is 11.9. The Morgan fingerprint density at radius 3 is 2.74 bits per heavy atom. The third kappa shape index (κ3) is 5.33. The quantitative estimate of drug-likeness (QED) is 0.845. The number of nitrogens with zero attached hydrogens (tertiary/aromatic N) is 3. The summed E-state index contributed by atoms with van der Waals surface area (Å²) in [6.07, 6.45) is 2.47. The lowest BCUT2D eigenvalue weighted by molar-refractivity contribution is 0.0928. The summed E-state index contributed by atoms with van der Waals surface area (Å²) in [6, 6.07) is 7.81. The number of nitrogens with two attached hydrogens (primary N) is 1. The fourth-order valence-corrected chi connectivity index (χ4v) is 2.31. The highest BCUT2D eigenvalue weighted by atomic mass is 35.5. The Kier molecular flexibility index (Phi) is 7.19. The molecule has 1 unspecified atom stereocenters. The second-order valence-corrected chi connectivity index (χ2v) is 5.92. The zero-order valence-electron chi connectivity index (χ0n) is 13.7. The van der Waals surface area contributed by atoms with Crippen LogP contribution in [0.1, 0.15) is 36.3 Å². The first-order chi connectivity index (χ1) is 10.5. The number of aromatic nitrogens is 3. The highest BCUT2D eigenvalue weighted by Gasteiger charge is 2.16. The molecular weight excluding hydrogens is 314 g/mol. The second-order valence-electron chi connectivity index (χ2n) is 5.92. The number of amides is 1. The van der Waals surface area contributed by atoms with E-state index in [1.54, 1.807) is 10.9 Å². The second kappa shape index (κ2) is 8.64. The maximum atomic E-state index is 12.2. The first-order valence-corrected chi connectivity index (χ1v) is 7.50. The summed E-state index contributed by atoms with van der Waals surface area (Å²) in [5.41, 5.74) is 8.00. The van der Waals surface area contributed by atoms with Crippen LogP contribution in [0, 0.1) is 12.8 Å². The highest BCUT2D eigenvalue weighted by Crippen LogP contribution is 2.10. The lowest BCUT2D eigenvalue weighted by Crippen LogP contribution is -2.41. The molecule has 6 nitrogen and oxygen atoms in total. The summed E-state index contributed by atoms with van der Waals surface area (Å²) < 4.78 is 1.60. The van der Waals surface area contributed by atoms with Crippen LogP contribution in [0.5, 0.6) is 0 Å². The van der Waals surface area contributed by atoms with Crippen molar-refractivity contribution < 1.29 is 4.79 Å². The zero-order valence-corrected chi connectivity index (χ0v) is 14.5. The van der Waals surface area contributed by atoms with E-state index in [1.807, 2.05) is 31.2 Å². The molecule has 0 fully saturated rings. The number of carbonyl (C=O) groups is 1. The van der Waals surface area contributed by atoms with E-state index in [0.29, 0.717) is 18.2 Å². The first-order valence-electron chi connectivity index (χ1n) is 7.50. The minimum Gasteiger partial charge on any atom is -0.347 e. The van der Waals surface area contributed by atoms with Crippen molar-refractivity contribution in [2.45, 2.75) is 33.2 Å². The molecule has 7 heteroatoms. The molecule has 0 radical (unpaired) electrons. The Morgan fingerprint density at radius 2 is 2.13 bits per heavy atom. The van der Waals surface area contributed by atoms with Crippen LogP contribution in [0.15, 0.2) is 30.5 Å². The molecule has 1 atom stereocenters. The van der Waals surface area contributed by atoms with Gasteiger partial charge in [0.15, 0.2) is 5.69 Å². The number of hydrogen-bond acceptors (Lipinski definition) is 4. The van der Waals surface area contributed by atoms with Crippen LogP contribution in [-0.4, -0.2) is 33.5 Å². The first kappa shape index (κ1) is 19.1. The maximum absolute atomic E-state index is 12.2. The van der Waals surface area contributed by atoms with Gasteiger partial charge in [0, 0.05) is 12.6 Å². The molecule has 0 spiro atoms. The molecule has 1 heterocycles.